The van der Waals surface area contributed by atoms with Gasteiger partial charge in [-0.1, -0.05) is 18.2 Å². The van der Waals surface area contributed by atoms with Crippen LogP contribution in [0.1, 0.15) is 11.1 Å². The standard InChI is InChI=1S/C20H19N3O3S2/c1-27-17-7-3-6-16(9-17)23-19-13-28(25,26)12-18(19)22(20(23)24)11-15-5-2-4-14(8-15)10-21/h2-9,18-19H,11-13H2,1H3/t18-,19-/m1/s1. The monoisotopic (exact) mass is 413 g/mol. The number of nitrogens with zero attached hydrogens (tertiary/aromatic N) is 3. The number of anilines is 1. The molecule has 0 N–H and O–H groups in total. The second-order valence-electron chi connectivity index (χ2n) is 7.01. The first-order chi connectivity index (χ1) is 13.4. The summed E-state index contributed by atoms with van der Waals surface area (Å²) in [5.74, 6) is -0.0539. The lowest BCUT2D eigenvalue weighted by atomic mass is 10.1. The van der Waals surface area contributed by atoms with Crippen molar-refractivity contribution in [3.63, 3.8) is 0 Å². The van der Waals surface area contributed by atoms with Gasteiger partial charge in [-0.05, 0) is 42.2 Å². The van der Waals surface area contributed by atoms with Crippen molar-refractivity contribution in [2.45, 2.75) is 23.5 Å². The van der Waals surface area contributed by atoms with Gasteiger partial charge in [0.2, 0.25) is 0 Å². The predicted molar refractivity (Wildman–Crippen MR) is 109 cm³/mol. The second-order valence-corrected chi connectivity index (χ2v) is 10.0. The quantitative estimate of drug-likeness (QED) is 0.569. The Labute approximate surface area is 168 Å². The van der Waals surface area contributed by atoms with E-state index in [1.165, 1.54) is 0 Å². The summed E-state index contributed by atoms with van der Waals surface area (Å²) in [4.78, 5) is 17.6. The molecule has 2 aromatic carbocycles. The number of amides is 2. The summed E-state index contributed by atoms with van der Waals surface area (Å²) in [6.07, 6.45) is 1.96. The van der Waals surface area contributed by atoms with Crippen molar-refractivity contribution in [2.75, 3.05) is 22.7 Å². The van der Waals surface area contributed by atoms with E-state index in [-0.39, 0.29) is 30.1 Å². The van der Waals surface area contributed by atoms with Gasteiger partial charge in [-0.25, -0.2) is 13.2 Å². The fraction of sp³-hybridized carbons (Fsp3) is 0.300. The predicted octanol–water partition coefficient (Wildman–Crippen LogP) is 2.89. The van der Waals surface area contributed by atoms with Gasteiger partial charge in [0, 0.05) is 17.1 Å². The number of urea groups is 1. The molecule has 0 aliphatic carbocycles. The number of benzene rings is 2. The lowest BCUT2D eigenvalue weighted by Crippen LogP contribution is -2.37. The van der Waals surface area contributed by atoms with Crippen LogP contribution < -0.4 is 4.90 Å². The van der Waals surface area contributed by atoms with Gasteiger partial charge in [-0.2, -0.15) is 5.26 Å². The zero-order chi connectivity index (χ0) is 19.9. The Hall–Kier alpha value is -2.50. The van der Waals surface area contributed by atoms with E-state index in [2.05, 4.69) is 6.07 Å². The SMILES string of the molecule is CSc1cccc(N2C(=O)N(Cc3cccc(C#N)c3)[C@@H]3CS(=O)(=O)C[C@H]32)c1. The molecule has 4 rings (SSSR count). The molecule has 2 atom stereocenters. The number of nitriles is 1. The average molecular weight is 414 g/mol. The largest absolute Gasteiger partial charge is 0.325 e. The highest BCUT2D eigenvalue weighted by Gasteiger charge is 2.53. The van der Waals surface area contributed by atoms with Crippen LogP contribution in [-0.4, -0.2) is 49.2 Å². The fourth-order valence-corrected chi connectivity index (χ4v) is 6.36. The molecule has 2 fully saturated rings. The van der Waals surface area contributed by atoms with E-state index >= 15 is 0 Å². The number of fused-ring (bicyclic) bond motifs is 1. The Bertz CT molecular complexity index is 1080. The third-order valence-corrected chi connectivity index (χ3v) is 7.64. The second kappa shape index (κ2) is 7.15. The molecule has 2 aliphatic rings. The maximum absolute atomic E-state index is 13.3. The lowest BCUT2D eigenvalue weighted by Gasteiger charge is -2.23. The van der Waals surface area contributed by atoms with Crippen LogP contribution >= 0.6 is 11.8 Å². The normalized spacial score (nSPS) is 22.9. The summed E-state index contributed by atoms with van der Waals surface area (Å²) < 4.78 is 24.7. The molecule has 2 aliphatic heterocycles. The highest BCUT2D eigenvalue weighted by molar-refractivity contribution is 7.98. The van der Waals surface area contributed by atoms with E-state index in [4.69, 9.17) is 5.26 Å². The molecule has 0 unspecified atom stereocenters. The molecule has 2 aromatic rings. The Balaban J connectivity index is 1.71. The molecular formula is C20H19N3O3S2. The van der Waals surface area contributed by atoms with Crippen LogP contribution in [0.4, 0.5) is 10.5 Å². The molecule has 2 amide bonds. The molecule has 0 radical (unpaired) electrons. The van der Waals surface area contributed by atoms with Crippen molar-refractivity contribution < 1.29 is 13.2 Å². The molecule has 8 heteroatoms. The van der Waals surface area contributed by atoms with Crippen LogP contribution in [0, 0.1) is 11.3 Å². The number of sulfone groups is 1. The first-order valence-electron chi connectivity index (χ1n) is 8.85. The molecule has 2 saturated heterocycles. The molecule has 0 aromatic heterocycles. The van der Waals surface area contributed by atoms with Gasteiger partial charge in [0.1, 0.15) is 0 Å². The molecule has 0 bridgehead atoms. The lowest BCUT2D eigenvalue weighted by molar-refractivity contribution is 0.206. The first-order valence-corrected chi connectivity index (χ1v) is 11.9. The molecule has 0 spiro atoms. The van der Waals surface area contributed by atoms with Crippen molar-refractivity contribution in [1.29, 1.82) is 5.26 Å². The van der Waals surface area contributed by atoms with Gasteiger partial charge in [-0.3, -0.25) is 4.90 Å². The van der Waals surface area contributed by atoms with Gasteiger partial charge >= 0.3 is 6.03 Å². The van der Waals surface area contributed by atoms with Crippen molar-refractivity contribution in [1.82, 2.24) is 4.90 Å². The van der Waals surface area contributed by atoms with E-state index in [1.54, 1.807) is 39.8 Å². The number of hydrogen-bond donors (Lipinski definition) is 0. The van der Waals surface area contributed by atoms with Gasteiger partial charge < -0.3 is 4.90 Å². The summed E-state index contributed by atoms with van der Waals surface area (Å²) in [5, 5.41) is 9.11. The molecule has 0 saturated carbocycles. The average Bonchev–Trinajstić information content (AvgIpc) is 3.12. The minimum Gasteiger partial charge on any atom is -0.314 e. The van der Waals surface area contributed by atoms with Gasteiger partial charge in [0.15, 0.2) is 9.84 Å². The van der Waals surface area contributed by atoms with E-state index in [1.807, 2.05) is 36.6 Å². The van der Waals surface area contributed by atoms with Crippen LogP contribution in [0.25, 0.3) is 0 Å². The Kier molecular flexibility index (Phi) is 4.81. The number of rotatable bonds is 4. The summed E-state index contributed by atoms with van der Waals surface area (Å²) in [6.45, 7) is 0.282. The summed E-state index contributed by atoms with van der Waals surface area (Å²) in [5.41, 5.74) is 2.05. The van der Waals surface area contributed by atoms with Gasteiger partial charge in [-0.15, -0.1) is 11.8 Å². The number of hydrogen-bond acceptors (Lipinski definition) is 5. The van der Waals surface area contributed by atoms with E-state index in [9.17, 15) is 13.2 Å². The topological polar surface area (TPSA) is 81.5 Å². The van der Waals surface area contributed by atoms with Crippen LogP contribution in [0.2, 0.25) is 0 Å². The van der Waals surface area contributed by atoms with Crippen LogP contribution in [-0.2, 0) is 16.4 Å². The number of thioether (sulfide) groups is 1. The van der Waals surface area contributed by atoms with E-state index < -0.39 is 15.9 Å². The summed E-state index contributed by atoms with van der Waals surface area (Å²) in [6, 6.07) is 15.8. The minimum absolute atomic E-state index is 0.0262. The fourth-order valence-electron chi connectivity index (χ4n) is 3.96. The minimum atomic E-state index is -3.22. The maximum atomic E-state index is 13.3. The highest BCUT2D eigenvalue weighted by atomic mass is 32.2. The third-order valence-electron chi connectivity index (χ3n) is 5.22. The molecule has 28 heavy (non-hydrogen) atoms. The van der Waals surface area contributed by atoms with E-state index in [0.29, 0.717) is 5.56 Å². The molecule has 144 valence electrons. The Morgan fingerprint density at radius 2 is 1.89 bits per heavy atom. The third kappa shape index (κ3) is 3.36. The number of carbonyl (C=O) groups excluding carboxylic acids is 1. The highest BCUT2D eigenvalue weighted by Crippen LogP contribution is 2.37. The first kappa shape index (κ1) is 18.8. The van der Waals surface area contributed by atoms with Crippen molar-refractivity contribution in [3.8, 4) is 6.07 Å². The van der Waals surface area contributed by atoms with Crippen molar-refractivity contribution in [3.05, 3.63) is 59.7 Å². The smallest absolute Gasteiger partial charge is 0.314 e. The molecular weight excluding hydrogens is 394 g/mol. The van der Waals surface area contributed by atoms with Crippen LogP contribution in [0.3, 0.4) is 0 Å². The van der Waals surface area contributed by atoms with Crippen molar-refractivity contribution >= 4 is 33.3 Å². The van der Waals surface area contributed by atoms with Gasteiger partial charge in [0.25, 0.3) is 0 Å². The van der Waals surface area contributed by atoms with E-state index in [0.717, 1.165) is 16.1 Å². The van der Waals surface area contributed by atoms with Crippen molar-refractivity contribution in [2.24, 2.45) is 0 Å². The number of carbonyl (C=O) groups is 1. The molecule has 6 nitrogen and oxygen atoms in total. The van der Waals surface area contributed by atoms with Crippen LogP contribution in [0.15, 0.2) is 53.4 Å². The summed E-state index contributed by atoms with van der Waals surface area (Å²) in [7, 11) is -3.22. The zero-order valence-corrected chi connectivity index (χ0v) is 16.9. The zero-order valence-electron chi connectivity index (χ0n) is 15.3. The Morgan fingerprint density at radius 1 is 1.14 bits per heavy atom. The maximum Gasteiger partial charge on any atom is 0.325 e. The van der Waals surface area contributed by atoms with Gasteiger partial charge in [0.05, 0.1) is 35.2 Å². The molecule has 2 heterocycles. The summed E-state index contributed by atoms with van der Waals surface area (Å²) >= 11 is 1.58. The Morgan fingerprint density at radius 3 is 2.64 bits per heavy atom. The van der Waals surface area contributed by atoms with Crippen LogP contribution in [0.5, 0.6) is 0 Å².